The Hall–Kier alpha value is -1.66. The normalized spacial score (nSPS) is 10.8. The van der Waals surface area contributed by atoms with Gasteiger partial charge in [0.2, 0.25) is 5.89 Å². The zero-order valence-corrected chi connectivity index (χ0v) is 13.2. The van der Waals surface area contributed by atoms with Gasteiger partial charge in [0.25, 0.3) is 5.22 Å². The maximum Gasteiger partial charge on any atom is 0.277 e. The van der Waals surface area contributed by atoms with Gasteiger partial charge in [-0.1, -0.05) is 39.8 Å². The van der Waals surface area contributed by atoms with E-state index in [1.807, 2.05) is 30.3 Å². The highest BCUT2D eigenvalue weighted by atomic mass is 79.9. The molecule has 3 nitrogen and oxygen atoms in total. The first kappa shape index (κ1) is 14.3. The average Bonchev–Trinajstić information content (AvgIpc) is 2.95. The molecule has 0 amide bonds. The molecule has 0 N–H and O–H groups in total. The zero-order chi connectivity index (χ0) is 14.7. The standard InChI is InChI=1S/C15H10BrFN2OS/c16-12-6-4-11(5-7-12)14-18-19-15(20-14)21-9-10-2-1-3-13(17)8-10/h1-8H,9H2. The largest absolute Gasteiger partial charge is 0.411 e. The summed E-state index contributed by atoms with van der Waals surface area (Å²) in [4.78, 5) is 0. The number of nitrogens with zero attached hydrogens (tertiary/aromatic N) is 2. The number of thioether (sulfide) groups is 1. The van der Waals surface area contributed by atoms with E-state index in [4.69, 9.17) is 4.42 Å². The summed E-state index contributed by atoms with van der Waals surface area (Å²) in [5, 5.41) is 8.48. The average molecular weight is 365 g/mol. The van der Waals surface area contributed by atoms with Crippen LogP contribution >= 0.6 is 27.7 Å². The molecule has 0 aliphatic heterocycles. The van der Waals surface area contributed by atoms with E-state index in [0.717, 1.165) is 15.6 Å². The van der Waals surface area contributed by atoms with Crippen LogP contribution in [0.2, 0.25) is 0 Å². The van der Waals surface area contributed by atoms with Crippen molar-refractivity contribution in [2.24, 2.45) is 0 Å². The van der Waals surface area contributed by atoms with Crippen LogP contribution in [0.25, 0.3) is 11.5 Å². The van der Waals surface area contributed by atoms with Crippen LogP contribution in [0.3, 0.4) is 0 Å². The predicted molar refractivity (Wildman–Crippen MR) is 83.4 cm³/mol. The van der Waals surface area contributed by atoms with Gasteiger partial charge in [0.05, 0.1) is 0 Å². The van der Waals surface area contributed by atoms with Crippen LogP contribution in [0.5, 0.6) is 0 Å². The van der Waals surface area contributed by atoms with Gasteiger partial charge in [0.1, 0.15) is 5.82 Å². The van der Waals surface area contributed by atoms with Gasteiger partial charge in [0.15, 0.2) is 0 Å². The third-order valence-corrected chi connectivity index (χ3v) is 4.17. The number of hydrogen-bond acceptors (Lipinski definition) is 4. The van der Waals surface area contributed by atoms with Gasteiger partial charge in [-0.3, -0.25) is 0 Å². The molecule has 0 spiro atoms. The van der Waals surface area contributed by atoms with Crippen molar-refractivity contribution in [3.05, 3.63) is 64.4 Å². The van der Waals surface area contributed by atoms with Crippen molar-refractivity contribution in [1.82, 2.24) is 10.2 Å². The second kappa shape index (κ2) is 6.41. The first-order valence-corrected chi connectivity index (χ1v) is 7.95. The van der Waals surface area contributed by atoms with E-state index in [-0.39, 0.29) is 5.82 Å². The molecular formula is C15H10BrFN2OS. The smallest absolute Gasteiger partial charge is 0.277 e. The molecule has 6 heteroatoms. The Kier molecular flexibility index (Phi) is 4.36. The molecule has 0 bridgehead atoms. The first-order chi connectivity index (χ1) is 10.2. The second-order valence-electron chi connectivity index (χ2n) is 4.30. The maximum absolute atomic E-state index is 13.1. The molecule has 1 aromatic heterocycles. The number of halogens is 2. The molecule has 0 fully saturated rings. The Morgan fingerprint density at radius 2 is 1.90 bits per heavy atom. The highest BCUT2D eigenvalue weighted by Crippen LogP contribution is 2.26. The van der Waals surface area contributed by atoms with E-state index in [0.29, 0.717) is 16.9 Å². The molecule has 2 aromatic carbocycles. The second-order valence-corrected chi connectivity index (χ2v) is 6.14. The number of benzene rings is 2. The number of rotatable bonds is 4. The highest BCUT2D eigenvalue weighted by Gasteiger charge is 2.09. The van der Waals surface area contributed by atoms with E-state index < -0.39 is 0 Å². The molecule has 3 rings (SSSR count). The molecule has 0 aliphatic carbocycles. The summed E-state index contributed by atoms with van der Waals surface area (Å²) >= 11 is 4.76. The van der Waals surface area contributed by atoms with Crippen LogP contribution in [0.1, 0.15) is 5.56 Å². The summed E-state index contributed by atoms with van der Waals surface area (Å²) in [6.07, 6.45) is 0. The maximum atomic E-state index is 13.1. The minimum Gasteiger partial charge on any atom is -0.411 e. The minimum absolute atomic E-state index is 0.241. The Bertz CT molecular complexity index is 745. The molecule has 0 unspecified atom stereocenters. The van der Waals surface area contributed by atoms with Crippen LogP contribution in [-0.2, 0) is 5.75 Å². The molecule has 0 saturated carbocycles. The van der Waals surface area contributed by atoms with E-state index in [1.54, 1.807) is 6.07 Å². The summed E-state index contributed by atoms with van der Waals surface area (Å²) in [6.45, 7) is 0. The predicted octanol–water partition coefficient (Wildman–Crippen LogP) is 4.93. The monoisotopic (exact) mass is 364 g/mol. The van der Waals surface area contributed by atoms with Gasteiger partial charge < -0.3 is 4.42 Å². The van der Waals surface area contributed by atoms with Gasteiger partial charge >= 0.3 is 0 Å². The van der Waals surface area contributed by atoms with Crippen molar-refractivity contribution in [2.75, 3.05) is 0 Å². The van der Waals surface area contributed by atoms with Gasteiger partial charge in [-0.15, -0.1) is 10.2 Å². The van der Waals surface area contributed by atoms with E-state index in [2.05, 4.69) is 26.1 Å². The van der Waals surface area contributed by atoms with Crippen molar-refractivity contribution < 1.29 is 8.81 Å². The third kappa shape index (κ3) is 3.71. The lowest BCUT2D eigenvalue weighted by Gasteiger charge is -1.98. The lowest BCUT2D eigenvalue weighted by atomic mass is 10.2. The van der Waals surface area contributed by atoms with E-state index in [1.165, 1.54) is 23.9 Å². The third-order valence-electron chi connectivity index (χ3n) is 2.75. The summed E-state index contributed by atoms with van der Waals surface area (Å²) < 4.78 is 19.7. The lowest BCUT2D eigenvalue weighted by molar-refractivity contribution is 0.466. The fourth-order valence-corrected chi connectivity index (χ4v) is 2.72. The SMILES string of the molecule is Fc1cccc(CSc2nnc(-c3ccc(Br)cc3)o2)c1. The van der Waals surface area contributed by atoms with Crippen molar-refractivity contribution in [2.45, 2.75) is 11.0 Å². The van der Waals surface area contributed by atoms with Crippen molar-refractivity contribution in [1.29, 1.82) is 0 Å². The highest BCUT2D eigenvalue weighted by molar-refractivity contribution is 9.10. The first-order valence-electron chi connectivity index (χ1n) is 6.17. The van der Waals surface area contributed by atoms with Crippen LogP contribution in [0.4, 0.5) is 4.39 Å². The topological polar surface area (TPSA) is 38.9 Å². The molecule has 21 heavy (non-hydrogen) atoms. The zero-order valence-electron chi connectivity index (χ0n) is 10.8. The fourth-order valence-electron chi connectivity index (χ4n) is 1.75. The molecule has 3 aromatic rings. The van der Waals surface area contributed by atoms with Crippen molar-refractivity contribution in [3.8, 4) is 11.5 Å². The summed E-state index contributed by atoms with van der Waals surface area (Å²) in [5.41, 5.74) is 1.74. The van der Waals surface area contributed by atoms with Crippen molar-refractivity contribution in [3.63, 3.8) is 0 Å². The molecule has 1 heterocycles. The van der Waals surface area contributed by atoms with Gasteiger partial charge in [-0.25, -0.2) is 4.39 Å². The minimum atomic E-state index is -0.241. The fraction of sp³-hybridized carbons (Fsp3) is 0.0667. The Balaban J connectivity index is 1.69. The van der Waals surface area contributed by atoms with Gasteiger partial charge in [-0.05, 0) is 42.0 Å². The van der Waals surface area contributed by atoms with E-state index >= 15 is 0 Å². The van der Waals surface area contributed by atoms with Crippen LogP contribution in [0.15, 0.2) is 62.6 Å². The van der Waals surface area contributed by atoms with Crippen molar-refractivity contribution >= 4 is 27.7 Å². The van der Waals surface area contributed by atoms with Crippen LogP contribution in [-0.4, -0.2) is 10.2 Å². The molecule has 0 aliphatic rings. The summed E-state index contributed by atoms with van der Waals surface area (Å²) in [7, 11) is 0. The Morgan fingerprint density at radius 3 is 2.67 bits per heavy atom. The Labute approximate surface area is 133 Å². The molecule has 0 saturated heterocycles. The van der Waals surface area contributed by atoms with Crippen LogP contribution < -0.4 is 0 Å². The number of aromatic nitrogens is 2. The summed E-state index contributed by atoms with van der Waals surface area (Å²) in [6, 6.07) is 14.1. The molecule has 0 atom stereocenters. The van der Waals surface area contributed by atoms with E-state index in [9.17, 15) is 4.39 Å². The Morgan fingerprint density at radius 1 is 1.10 bits per heavy atom. The number of hydrogen-bond donors (Lipinski definition) is 0. The van der Waals surface area contributed by atoms with Gasteiger partial charge in [0, 0.05) is 15.8 Å². The quantitative estimate of drug-likeness (QED) is 0.615. The molecular weight excluding hydrogens is 355 g/mol. The van der Waals surface area contributed by atoms with Gasteiger partial charge in [-0.2, -0.15) is 0 Å². The molecule has 106 valence electrons. The van der Waals surface area contributed by atoms with Crippen LogP contribution in [0, 0.1) is 5.82 Å². The molecule has 0 radical (unpaired) electrons. The lowest BCUT2D eigenvalue weighted by Crippen LogP contribution is -1.82. The summed E-state index contributed by atoms with van der Waals surface area (Å²) in [5.74, 6) is 0.818.